The van der Waals surface area contributed by atoms with Gasteiger partial charge in [0.2, 0.25) is 5.91 Å². The fraction of sp³-hybridized carbons (Fsp3) is 0.250. The molecule has 1 aromatic heterocycles. The highest BCUT2D eigenvalue weighted by atomic mass is 32.1. The molecule has 2 aromatic carbocycles. The number of hydrazine groups is 1. The standard InChI is InChI=1S/C20H21N3O4S/c1-3-27-15-9-8-13(12-16(15)26-2)20(25)23-22-18(24)10-11-19-21-14-6-4-5-7-17(14)28-19/h4-9,12H,3,10-11H2,1-2H3,(H,22,24)(H,23,25). The number of para-hydroxylation sites is 1. The van der Waals surface area contributed by atoms with Gasteiger partial charge in [-0.3, -0.25) is 20.4 Å². The van der Waals surface area contributed by atoms with Gasteiger partial charge in [-0.2, -0.15) is 0 Å². The number of aryl methyl sites for hydroxylation is 1. The molecule has 2 amide bonds. The van der Waals surface area contributed by atoms with Crippen LogP contribution in [0.4, 0.5) is 0 Å². The molecular weight excluding hydrogens is 378 g/mol. The third-order valence-electron chi connectivity index (χ3n) is 3.95. The molecule has 8 heteroatoms. The largest absolute Gasteiger partial charge is 0.493 e. The Bertz CT molecular complexity index is 953. The number of carbonyl (C=O) groups excluding carboxylic acids is 2. The summed E-state index contributed by atoms with van der Waals surface area (Å²) in [5.41, 5.74) is 6.13. The minimum Gasteiger partial charge on any atom is -0.493 e. The van der Waals surface area contributed by atoms with Gasteiger partial charge in [-0.1, -0.05) is 12.1 Å². The minimum atomic E-state index is -0.435. The lowest BCUT2D eigenvalue weighted by atomic mass is 10.2. The quantitative estimate of drug-likeness (QED) is 0.596. The van der Waals surface area contributed by atoms with Gasteiger partial charge in [0.05, 0.1) is 28.9 Å². The van der Waals surface area contributed by atoms with Gasteiger partial charge in [-0.05, 0) is 37.3 Å². The molecule has 0 fully saturated rings. The summed E-state index contributed by atoms with van der Waals surface area (Å²) in [7, 11) is 1.50. The predicted octanol–water partition coefficient (Wildman–Crippen LogP) is 3.10. The first-order chi connectivity index (χ1) is 13.6. The zero-order valence-electron chi connectivity index (χ0n) is 15.7. The normalized spacial score (nSPS) is 10.5. The maximum atomic E-state index is 12.2. The van der Waals surface area contributed by atoms with E-state index in [2.05, 4.69) is 15.8 Å². The molecule has 0 bridgehead atoms. The van der Waals surface area contributed by atoms with Crippen LogP contribution < -0.4 is 20.3 Å². The lowest BCUT2D eigenvalue weighted by molar-refractivity contribution is -0.121. The van der Waals surface area contributed by atoms with Crippen molar-refractivity contribution < 1.29 is 19.1 Å². The zero-order valence-corrected chi connectivity index (χ0v) is 16.5. The smallest absolute Gasteiger partial charge is 0.269 e. The molecule has 0 aliphatic carbocycles. The highest BCUT2D eigenvalue weighted by Crippen LogP contribution is 2.28. The molecule has 2 N–H and O–H groups in total. The molecule has 7 nitrogen and oxygen atoms in total. The summed E-state index contributed by atoms with van der Waals surface area (Å²) in [6, 6.07) is 12.7. The monoisotopic (exact) mass is 399 g/mol. The molecule has 1 heterocycles. The van der Waals surface area contributed by atoms with Crippen LogP contribution in [0.3, 0.4) is 0 Å². The van der Waals surface area contributed by atoms with Gasteiger partial charge in [0.25, 0.3) is 5.91 Å². The molecule has 146 valence electrons. The van der Waals surface area contributed by atoms with Crippen LogP contribution in [0.25, 0.3) is 10.2 Å². The molecule has 0 unspecified atom stereocenters. The van der Waals surface area contributed by atoms with Gasteiger partial charge in [0, 0.05) is 18.4 Å². The Morgan fingerprint density at radius 1 is 1.11 bits per heavy atom. The molecule has 0 aliphatic heterocycles. The van der Waals surface area contributed by atoms with Crippen LogP contribution in [0.5, 0.6) is 11.5 Å². The van der Waals surface area contributed by atoms with Gasteiger partial charge in [-0.15, -0.1) is 11.3 Å². The minimum absolute atomic E-state index is 0.229. The lowest BCUT2D eigenvalue weighted by Crippen LogP contribution is -2.41. The number of rotatable bonds is 7. The Kier molecular flexibility index (Phi) is 6.44. The first-order valence-corrected chi connectivity index (χ1v) is 9.66. The summed E-state index contributed by atoms with van der Waals surface area (Å²) >= 11 is 1.57. The number of amides is 2. The number of hydrogen-bond donors (Lipinski definition) is 2. The first-order valence-electron chi connectivity index (χ1n) is 8.85. The average Bonchev–Trinajstić information content (AvgIpc) is 3.14. The number of nitrogens with one attached hydrogen (secondary N) is 2. The van der Waals surface area contributed by atoms with Crippen molar-refractivity contribution in [3.05, 3.63) is 53.0 Å². The number of aromatic nitrogens is 1. The number of carbonyl (C=O) groups is 2. The Balaban J connectivity index is 1.51. The van der Waals surface area contributed by atoms with Crippen LogP contribution >= 0.6 is 11.3 Å². The van der Waals surface area contributed by atoms with Crippen LogP contribution in [0, 0.1) is 0 Å². The summed E-state index contributed by atoms with van der Waals surface area (Å²) in [6.45, 7) is 2.36. The van der Waals surface area contributed by atoms with Crippen molar-refractivity contribution in [2.45, 2.75) is 19.8 Å². The average molecular weight is 399 g/mol. The van der Waals surface area contributed by atoms with E-state index in [4.69, 9.17) is 9.47 Å². The Morgan fingerprint density at radius 3 is 2.68 bits per heavy atom. The van der Waals surface area contributed by atoms with Gasteiger partial charge < -0.3 is 9.47 Å². The van der Waals surface area contributed by atoms with Crippen molar-refractivity contribution in [2.75, 3.05) is 13.7 Å². The molecule has 0 radical (unpaired) electrons. The van der Waals surface area contributed by atoms with Crippen molar-refractivity contribution in [2.24, 2.45) is 0 Å². The molecule has 3 aromatic rings. The molecular formula is C20H21N3O4S. The molecule has 3 rings (SSSR count). The molecule has 0 aliphatic rings. The first kappa shape index (κ1) is 19.6. The second-order valence-electron chi connectivity index (χ2n) is 5.88. The Labute approximate surface area is 166 Å². The highest BCUT2D eigenvalue weighted by Gasteiger charge is 2.12. The molecule has 0 saturated heterocycles. The molecule has 0 spiro atoms. The van der Waals surface area contributed by atoms with Crippen molar-refractivity contribution in [1.82, 2.24) is 15.8 Å². The fourth-order valence-corrected chi connectivity index (χ4v) is 3.56. The zero-order chi connectivity index (χ0) is 19.9. The fourth-order valence-electron chi connectivity index (χ4n) is 2.59. The van der Waals surface area contributed by atoms with Crippen molar-refractivity contribution in [3.63, 3.8) is 0 Å². The molecule has 28 heavy (non-hydrogen) atoms. The van der Waals surface area contributed by atoms with Crippen molar-refractivity contribution in [1.29, 1.82) is 0 Å². The number of methoxy groups -OCH3 is 1. The van der Waals surface area contributed by atoms with E-state index in [0.29, 0.717) is 30.1 Å². The van der Waals surface area contributed by atoms with E-state index >= 15 is 0 Å². The number of nitrogens with zero attached hydrogens (tertiary/aromatic N) is 1. The summed E-state index contributed by atoms with van der Waals surface area (Å²) in [5, 5.41) is 0.888. The maximum absolute atomic E-state index is 12.2. The van der Waals surface area contributed by atoms with Gasteiger partial charge in [-0.25, -0.2) is 4.98 Å². The molecule has 0 saturated carbocycles. The third-order valence-corrected chi connectivity index (χ3v) is 5.04. The highest BCUT2D eigenvalue weighted by molar-refractivity contribution is 7.18. The van der Waals surface area contributed by atoms with Gasteiger partial charge in [0.15, 0.2) is 11.5 Å². The number of thiazole rings is 1. The number of fused-ring (bicyclic) bond motifs is 1. The SMILES string of the molecule is CCOc1ccc(C(=O)NNC(=O)CCc2nc3ccccc3s2)cc1OC. The van der Waals surface area contributed by atoms with E-state index in [0.717, 1.165) is 15.2 Å². The van der Waals surface area contributed by atoms with E-state index in [-0.39, 0.29) is 12.3 Å². The van der Waals surface area contributed by atoms with Gasteiger partial charge >= 0.3 is 0 Å². The van der Waals surface area contributed by atoms with E-state index in [1.807, 2.05) is 31.2 Å². The van der Waals surface area contributed by atoms with Gasteiger partial charge in [0.1, 0.15) is 0 Å². The predicted molar refractivity (Wildman–Crippen MR) is 108 cm³/mol. The summed E-state index contributed by atoms with van der Waals surface area (Å²) in [6.07, 6.45) is 0.741. The van der Waals surface area contributed by atoms with Crippen LogP contribution in [-0.4, -0.2) is 30.5 Å². The number of benzene rings is 2. The van der Waals surface area contributed by atoms with E-state index in [1.165, 1.54) is 7.11 Å². The summed E-state index contributed by atoms with van der Waals surface area (Å²) in [4.78, 5) is 28.8. The summed E-state index contributed by atoms with van der Waals surface area (Å²) < 4.78 is 11.7. The van der Waals surface area contributed by atoms with E-state index < -0.39 is 5.91 Å². The van der Waals surface area contributed by atoms with Crippen LogP contribution in [0.2, 0.25) is 0 Å². The number of ether oxygens (including phenoxy) is 2. The topological polar surface area (TPSA) is 89.6 Å². The molecule has 0 atom stereocenters. The van der Waals surface area contributed by atoms with Crippen molar-refractivity contribution in [3.8, 4) is 11.5 Å². The van der Waals surface area contributed by atoms with E-state index in [9.17, 15) is 9.59 Å². The Morgan fingerprint density at radius 2 is 1.93 bits per heavy atom. The van der Waals surface area contributed by atoms with Crippen molar-refractivity contribution >= 4 is 33.4 Å². The third kappa shape index (κ3) is 4.77. The second kappa shape index (κ2) is 9.18. The number of hydrogen-bond acceptors (Lipinski definition) is 6. The maximum Gasteiger partial charge on any atom is 0.269 e. The summed E-state index contributed by atoms with van der Waals surface area (Å²) in [5.74, 6) is 0.290. The van der Waals surface area contributed by atoms with Crippen LogP contribution in [0.1, 0.15) is 28.7 Å². The lowest BCUT2D eigenvalue weighted by Gasteiger charge is -2.11. The van der Waals surface area contributed by atoms with Crippen LogP contribution in [0.15, 0.2) is 42.5 Å². The van der Waals surface area contributed by atoms with Crippen LogP contribution in [-0.2, 0) is 11.2 Å². The Hall–Kier alpha value is -3.13. The second-order valence-corrected chi connectivity index (χ2v) is 6.99. The van der Waals surface area contributed by atoms with E-state index in [1.54, 1.807) is 29.5 Å².